The number of carbonyl (C=O) groups excluding carboxylic acids is 1. The molecule has 1 aromatic heterocycles. The average molecular weight is 470 g/mol. The van der Waals surface area contributed by atoms with E-state index >= 15 is 0 Å². The van der Waals surface area contributed by atoms with E-state index in [1.165, 1.54) is 10.5 Å². The minimum Gasteiger partial charge on any atom is -0.460 e. The third kappa shape index (κ3) is 5.28. The maximum Gasteiger partial charge on any atom is 0.295 e. The number of amides is 1. The Hall–Kier alpha value is -2.01. The number of halogens is 1. The van der Waals surface area contributed by atoms with Crippen LogP contribution in [0.1, 0.15) is 11.5 Å². The van der Waals surface area contributed by atoms with Gasteiger partial charge in [-0.25, -0.2) is 13.8 Å². The van der Waals surface area contributed by atoms with E-state index < -0.39 is 10.0 Å². The number of rotatable bonds is 6. The molecule has 1 aliphatic heterocycles. The summed E-state index contributed by atoms with van der Waals surface area (Å²) in [6.45, 7) is 3.93. The molecule has 0 unspecified atom stereocenters. The van der Waals surface area contributed by atoms with Gasteiger partial charge in [-0.3, -0.25) is 4.79 Å². The maximum atomic E-state index is 12.7. The van der Waals surface area contributed by atoms with Crippen LogP contribution in [0.5, 0.6) is 0 Å². The molecule has 0 aliphatic carbocycles. The second kappa shape index (κ2) is 8.99. The lowest BCUT2D eigenvalue weighted by Gasteiger charge is -2.31. The van der Waals surface area contributed by atoms with Gasteiger partial charge in [-0.1, -0.05) is 15.9 Å². The van der Waals surface area contributed by atoms with Crippen LogP contribution in [-0.4, -0.2) is 57.6 Å². The highest BCUT2D eigenvalue weighted by molar-refractivity contribution is 9.10. The summed E-state index contributed by atoms with van der Waals surface area (Å²) >= 11 is 3.31. The fourth-order valence-corrected chi connectivity index (χ4v) is 4.64. The number of furan rings is 1. The molecule has 2 N–H and O–H groups in total. The number of hydrogen-bond donors (Lipinski definition) is 2. The molecular weight excluding hydrogens is 448 g/mol. The van der Waals surface area contributed by atoms with Crippen molar-refractivity contribution < 1.29 is 22.5 Å². The molecule has 3 rings (SSSR count). The molecule has 0 radical (unpaired) electrons. The average Bonchev–Trinajstić information content (AvgIpc) is 3.08. The van der Waals surface area contributed by atoms with Crippen molar-refractivity contribution in [2.24, 2.45) is 5.10 Å². The molecule has 0 bridgehead atoms. The maximum absolute atomic E-state index is 12.7. The van der Waals surface area contributed by atoms with Crippen molar-refractivity contribution in [3.8, 4) is 0 Å². The minimum atomic E-state index is -3.51. The Bertz CT molecular complexity index is 948. The fourth-order valence-electron chi connectivity index (χ4n) is 2.93. The van der Waals surface area contributed by atoms with Gasteiger partial charge in [0.05, 0.1) is 37.3 Å². The van der Waals surface area contributed by atoms with E-state index in [1.54, 1.807) is 30.3 Å². The SMILES string of the molecule is Cc1ccc(/C=N/NC(=O)C[NH+]2CCN(S(=O)(=O)c3ccc(Br)cc3)CC2)o1. The number of piperazine rings is 1. The Labute approximate surface area is 172 Å². The molecule has 2 heterocycles. The Balaban J connectivity index is 1.47. The van der Waals surface area contributed by atoms with Gasteiger partial charge in [0.25, 0.3) is 5.91 Å². The largest absolute Gasteiger partial charge is 0.460 e. The van der Waals surface area contributed by atoms with E-state index in [4.69, 9.17) is 4.42 Å². The van der Waals surface area contributed by atoms with E-state index in [2.05, 4.69) is 26.5 Å². The van der Waals surface area contributed by atoms with Crippen LogP contribution < -0.4 is 10.3 Å². The van der Waals surface area contributed by atoms with Gasteiger partial charge >= 0.3 is 0 Å². The third-order valence-corrected chi connectivity index (χ3v) is 6.88. The Morgan fingerprint density at radius 3 is 2.54 bits per heavy atom. The van der Waals surface area contributed by atoms with Crippen LogP contribution in [0.25, 0.3) is 0 Å². The molecule has 1 saturated heterocycles. The van der Waals surface area contributed by atoms with Crippen molar-refractivity contribution in [3.63, 3.8) is 0 Å². The van der Waals surface area contributed by atoms with Gasteiger partial charge in [0.1, 0.15) is 11.5 Å². The molecule has 28 heavy (non-hydrogen) atoms. The van der Waals surface area contributed by atoms with Crippen LogP contribution in [0.3, 0.4) is 0 Å². The lowest BCUT2D eigenvalue weighted by molar-refractivity contribution is -0.895. The first-order valence-electron chi connectivity index (χ1n) is 8.82. The third-order valence-electron chi connectivity index (χ3n) is 4.43. The van der Waals surface area contributed by atoms with Gasteiger partial charge in [-0.15, -0.1) is 0 Å². The van der Waals surface area contributed by atoms with Crippen LogP contribution >= 0.6 is 15.9 Å². The quantitative estimate of drug-likeness (QED) is 0.472. The number of aryl methyl sites for hydroxylation is 1. The summed E-state index contributed by atoms with van der Waals surface area (Å²) in [5, 5.41) is 3.88. The van der Waals surface area contributed by atoms with Crippen molar-refractivity contribution in [1.29, 1.82) is 0 Å². The molecule has 1 aliphatic rings. The van der Waals surface area contributed by atoms with Crippen molar-refractivity contribution in [3.05, 3.63) is 52.4 Å². The van der Waals surface area contributed by atoms with E-state index in [9.17, 15) is 13.2 Å². The van der Waals surface area contributed by atoms with E-state index in [0.29, 0.717) is 31.9 Å². The standard InChI is InChI=1S/C18H21BrN4O4S/c1-14-2-5-16(27-14)12-20-21-18(24)13-22-8-10-23(11-9-22)28(25,26)17-6-3-15(19)4-7-17/h2-7,12H,8-11,13H2,1H3,(H,21,24)/p+1/b20-12+. The lowest BCUT2D eigenvalue weighted by Crippen LogP contribution is -3.15. The van der Waals surface area contributed by atoms with Gasteiger partial charge in [-0.2, -0.15) is 9.41 Å². The first kappa shape index (κ1) is 20.7. The highest BCUT2D eigenvalue weighted by Gasteiger charge is 2.31. The fraction of sp³-hybridized carbons (Fsp3) is 0.333. The zero-order chi connectivity index (χ0) is 20.1. The molecule has 0 spiro atoms. The molecule has 0 atom stereocenters. The Kier molecular flexibility index (Phi) is 6.65. The van der Waals surface area contributed by atoms with Gasteiger partial charge in [0, 0.05) is 4.47 Å². The van der Waals surface area contributed by atoms with Crippen molar-refractivity contribution in [2.45, 2.75) is 11.8 Å². The second-order valence-electron chi connectivity index (χ2n) is 6.53. The molecule has 1 amide bonds. The summed E-state index contributed by atoms with van der Waals surface area (Å²) in [7, 11) is -3.51. The summed E-state index contributed by atoms with van der Waals surface area (Å²) in [6.07, 6.45) is 1.45. The summed E-state index contributed by atoms with van der Waals surface area (Å²) in [5.41, 5.74) is 2.47. The van der Waals surface area contributed by atoms with Crippen molar-refractivity contribution in [2.75, 3.05) is 32.7 Å². The summed E-state index contributed by atoms with van der Waals surface area (Å²) in [4.78, 5) is 13.3. The Morgan fingerprint density at radius 1 is 1.25 bits per heavy atom. The second-order valence-corrected chi connectivity index (χ2v) is 9.38. The van der Waals surface area contributed by atoms with Gasteiger partial charge < -0.3 is 9.32 Å². The van der Waals surface area contributed by atoms with Gasteiger partial charge in [0.15, 0.2) is 6.54 Å². The lowest BCUT2D eigenvalue weighted by atomic mass is 10.3. The first-order valence-corrected chi connectivity index (χ1v) is 11.1. The van der Waals surface area contributed by atoms with Crippen LogP contribution in [0.4, 0.5) is 0 Å². The smallest absolute Gasteiger partial charge is 0.295 e. The topological polar surface area (TPSA) is 96.4 Å². The summed E-state index contributed by atoms with van der Waals surface area (Å²) < 4.78 is 33.0. The number of nitrogens with one attached hydrogen (secondary N) is 2. The molecule has 10 heteroatoms. The van der Waals surface area contributed by atoms with E-state index in [0.717, 1.165) is 15.1 Å². The number of quaternary nitrogens is 1. The summed E-state index contributed by atoms with van der Waals surface area (Å²) in [5.74, 6) is 1.11. The molecule has 1 fully saturated rings. The zero-order valence-electron chi connectivity index (χ0n) is 15.4. The number of carbonyl (C=O) groups is 1. The van der Waals surface area contributed by atoms with Crippen LogP contribution in [0.2, 0.25) is 0 Å². The predicted octanol–water partition coefficient (Wildman–Crippen LogP) is 0.390. The normalized spacial score (nSPS) is 16.5. The predicted molar refractivity (Wildman–Crippen MR) is 108 cm³/mol. The van der Waals surface area contributed by atoms with Crippen molar-refractivity contribution in [1.82, 2.24) is 9.73 Å². The highest BCUT2D eigenvalue weighted by atomic mass is 79.9. The molecule has 1 aromatic carbocycles. The number of nitrogens with zero attached hydrogens (tertiary/aromatic N) is 2. The van der Waals surface area contributed by atoms with Gasteiger partial charge in [0.2, 0.25) is 10.0 Å². The first-order chi connectivity index (χ1) is 13.3. The minimum absolute atomic E-state index is 0.223. The number of hydrogen-bond acceptors (Lipinski definition) is 5. The van der Waals surface area contributed by atoms with E-state index in [1.807, 2.05) is 13.0 Å². The van der Waals surface area contributed by atoms with Gasteiger partial charge in [-0.05, 0) is 43.3 Å². The number of sulfonamides is 1. The van der Waals surface area contributed by atoms with E-state index in [-0.39, 0.29) is 17.3 Å². The van der Waals surface area contributed by atoms with Crippen LogP contribution in [-0.2, 0) is 14.8 Å². The molecule has 8 nitrogen and oxygen atoms in total. The van der Waals surface area contributed by atoms with Crippen LogP contribution in [0, 0.1) is 6.92 Å². The zero-order valence-corrected chi connectivity index (χ0v) is 17.8. The molecule has 0 saturated carbocycles. The Morgan fingerprint density at radius 2 is 1.93 bits per heavy atom. The summed E-state index contributed by atoms with van der Waals surface area (Å²) in [6, 6.07) is 10.2. The monoisotopic (exact) mass is 469 g/mol. The highest BCUT2D eigenvalue weighted by Crippen LogP contribution is 2.18. The molecule has 2 aromatic rings. The number of benzene rings is 1. The number of hydrazone groups is 1. The molecule has 150 valence electrons. The van der Waals surface area contributed by atoms with Crippen LogP contribution in [0.15, 0.2) is 55.3 Å². The van der Waals surface area contributed by atoms with Crippen molar-refractivity contribution >= 4 is 38.1 Å². The molecular formula is C18H22BrN4O4S+.